The van der Waals surface area contributed by atoms with E-state index in [0.29, 0.717) is 30.7 Å². The maximum absolute atomic E-state index is 5.53. The third-order valence-corrected chi connectivity index (χ3v) is 5.44. The molecule has 0 bridgehead atoms. The molecule has 0 saturated carbocycles. The van der Waals surface area contributed by atoms with E-state index in [0.717, 1.165) is 43.1 Å². The number of nitrogens with zero attached hydrogens (tertiary/aromatic N) is 7. The maximum atomic E-state index is 5.53. The fraction of sp³-hybridized carbons (Fsp3) is 0.611. The highest BCUT2D eigenvalue weighted by atomic mass is 16.5. The van der Waals surface area contributed by atoms with Gasteiger partial charge in [0, 0.05) is 26.0 Å². The van der Waals surface area contributed by atoms with E-state index < -0.39 is 0 Å². The molecule has 1 fully saturated rings. The van der Waals surface area contributed by atoms with Crippen LogP contribution in [0, 0.1) is 12.8 Å². The van der Waals surface area contributed by atoms with Crippen LogP contribution in [0.4, 0.5) is 0 Å². The van der Waals surface area contributed by atoms with Gasteiger partial charge in [0.2, 0.25) is 5.82 Å². The predicted octanol–water partition coefficient (Wildman–Crippen LogP) is 1.87. The molecule has 0 radical (unpaired) electrons. The lowest BCUT2D eigenvalue weighted by atomic mass is 9.93. The molecule has 1 N–H and O–H groups in total. The van der Waals surface area contributed by atoms with E-state index in [4.69, 9.17) is 19.6 Å². The number of methoxy groups -OCH3 is 1. The van der Waals surface area contributed by atoms with Crippen molar-refractivity contribution in [1.82, 2.24) is 39.7 Å². The molecule has 0 amide bonds. The first-order chi connectivity index (χ1) is 13.7. The van der Waals surface area contributed by atoms with Crippen LogP contribution in [0.5, 0.6) is 0 Å². The summed E-state index contributed by atoms with van der Waals surface area (Å²) in [6.45, 7) is 7.13. The van der Waals surface area contributed by atoms with Crippen molar-refractivity contribution in [1.29, 1.82) is 0 Å². The summed E-state index contributed by atoms with van der Waals surface area (Å²) < 4.78 is 14.7. The lowest BCUT2D eigenvalue weighted by Gasteiger charge is -2.28. The van der Waals surface area contributed by atoms with Gasteiger partial charge in [0.1, 0.15) is 6.33 Å². The SMILES string of the molecule is COCCn1ncc(-c2nc(-c3ncn[nH]3)nn2C(C)C2CCOCC2)c1C. The Morgan fingerprint density at radius 3 is 2.89 bits per heavy atom. The second kappa shape index (κ2) is 8.19. The van der Waals surface area contributed by atoms with Gasteiger partial charge >= 0.3 is 0 Å². The van der Waals surface area contributed by atoms with E-state index in [1.54, 1.807) is 7.11 Å². The van der Waals surface area contributed by atoms with Gasteiger partial charge in [0.25, 0.3) is 0 Å². The topological polar surface area (TPSA) is 109 Å². The summed E-state index contributed by atoms with van der Waals surface area (Å²) in [7, 11) is 1.69. The molecule has 1 unspecified atom stereocenters. The minimum atomic E-state index is 0.185. The van der Waals surface area contributed by atoms with Gasteiger partial charge in [0.05, 0.1) is 31.0 Å². The predicted molar refractivity (Wildman–Crippen MR) is 101 cm³/mol. The van der Waals surface area contributed by atoms with Crippen LogP contribution in [-0.4, -0.2) is 66.7 Å². The summed E-state index contributed by atoms with van der Waals surface area (Å²) in [6.07, 6.45) is 5.35. The zero-order chi connectivity index (χ0) is 19.5. The number of aromatic nitrogens is 8. The summed E-state index contributed by atoms with van der Waals surface area (Å²) in [5.41, 5.74) is 2.00. The standard InChI is InChI=1S/C18H26N8O2/c1-12(14-4-7-28-8-5-14)26-18(22-17(24-26)16-19-11-20-23-16)15-10-21-25(13(15)2)6-9-27-3/h10-12,14H,4-9H2,1-3H3,(H,19,20,23). The first kappa shape index (κ1) is 18.8. The average Bonchev–Trinajstić information content (AvgIpc) is 3.46. The van der Waals surface area contributed by atoms with Crippen LogP contribution in [0.15, 0.2) is 12.5 Å². The zero-order valence-corrected chi connectivity index (χ0v) is 16.5. The normalized spacial score (nSPS) is 16.5. The molecular formula is C18H26N8O2. The van der Waals surface area contributed by atoms with Crippen molar-refractivity contribution in [3.63, 3.8) is 0 Å². The first-order valence-corrected chi connectivity index (χ1v) is 9.60. The molecule has 10 heteroatoms. The van der Waals surface area contributed by atoms with Crippen LogP contribution in [0.25, 0.3) is 23.0 Å². The number of nitrogens with one attached hydrogen (secondary N) is 1. The first-order valence-electron chi connectivity index (χ1n) is 9.60. The van der Waals surface area contributed by atoms with Crippen molar-refractivity contribution in [2.24, 2.45) is 5.92 Å². The van der Waals surface area contributed by atoms with Gasteiger partial charge in [-0.2, -0.15) is 10.2 Å². The highest BCUT2D eigenvalue weighted by Crippen LogP contribution is 2.32. The minimum Gasteiger partial charge on any atom is -0.383 e. The third kappa shape index (κ3) is 3.57. The molecule has 1 saturated heterocycles. The molecule has 0 aliphatic carbocycles. The molecule has 1 atom stereocenters. The van der Waals surface area contributed by atoms with Gasteiger partial charge in [-0.1, -0.05) is 0 Å². The maximum Gasteiger partial charge on any atom is 0.219 e. The number of rotatable bonds is 7. The summed E-state index contributed by atoms with van der Waals surface area (Å²) >= 11 is 0. The molecule has 150 valence electrons. The molecule has 4 rings (SSSR count). The summed E-state index contributed by atoms with van der Waals surface area (Å²) in [5, 5.41) is 16.1. The quantitative estimate of drug-likeness (QED) is 0.660. The number of hydrogen-bond acceptors (Lipinski definition) is 7. The van der Waals surface area contributed by atoms with E-state index in [-0.39, 0.29) is 6.04 Å². The van der Waals surface area contributed by atoms with Crippen LogP contribution in [-0.2, 0) is 16.0 Å². The molecule has 3 aromatic heterocycles. The Morgan fingerprint density at radius 1 is 1.36 bits per heavy atom. The van der Waals surface area contributed by atoms with Crippen molar-refractivity contribution in [2.75, 3.05) is 26.9 Å². The fourth-order valence-corrected chi connectivity index (χ4v) is 3.67. The Balaban J connectivity index is 1.73. The summed E-state index contributed by atoms with van der Waals surface area (Å²) in [6, 6.07) is 0.185. The Hall–Kier alpha value is -2.59. The van der Waals surface area contributed by atoms with Crippen molar-refractivity contribution in [3.8, 4) is 23.0 Å². The summed E-state index contributed by atoms with van der Waals surface area (Å²) in [5.74, 6) is 2.38. The monoisotopic (exact) mass is 386 g/mol. The van der Waals surface area contributed by atoms with Crippen molar-refractivity contribution >= 4 is 0 Å². The molecule has 0 aromatic carbocycles. The molecule has 10 nitrogen and oxygen atoms in total. The number of hydrogen-bond donors (Lipinski definition) is 1. The smallest absolute Gasteiger partial charge is 0.219 e. The fourth-order valence-electron chi connectivity index (χ4n) is 3.67. The third-order valence-electron chi connectivity index (χ3n) is 5.44. The van der Waals surface area contributed by atoms with Crippen LogP contribution in [0.1, 0.15) is 31.5 Å². The van der Waals surface area contributed by atoms with Crippen LogP contribution in [0.3, 0.4) is 0 Å². The average molecular weight is 386 g/mol. The second-order valence-corrected chi connectivity index (χ2v) is 7.09. The van der Waals surface area contributed by atoms with Gasteiger partial charge in [0.15, 0.2) is 11.6 Å². The molecule has 4 heterocycles. The summed E-state index contributed by atoms with van der Waals surface area (Å²) in [4.78, 5) is 9.01. The number of ether oxygens (including phenoxy) is 2. The molecule has 1 aliphatic heterocycles. The minimum absolute atomic E-state index is 0.185. The Morgan fingerprint density at radius 2 is 2.18 bits per heavy atom. The van der Waals surface area contributed by atoms with E-state index in [2.05, 4.69) is 27.2 Å². The van der Waals surface area contributed by atoms with Gasteiger partial charge in [-0.25, -0.2) is 14.6 Å². The van der Waals surface area contributed by atoms with Gasteiger partial charge < -0.3 is 9.47 Å². The lowest BCUT2D eigenvalue weighted by molar-refractivity contribution is 0.0498. The Labute approximate surface area is 163 Å². The Kier molecular flexibility index (Phi) is 5.49. The van der Waals surface area contributed by atoms with Gasteiger partial charge in [-0.15, -0.1) is 5.10 Å². The highest BCUT2D eigenvalue weighted by molar-refractivity contribution is 5.60. The van der Waals surface area contributed by atoms with Crippen LogP contribution >= 0.6 is 0 Å². The zero-order valence-electron chi connectivity index (χ0n) is 16.5. The van der Waals surface area contributed by atoms with Crippen LogP contribution < -0.4 is 0 Å². The van der Waals surface area contributed by atoms with E-state index in [1.165, 1.54) is 6.33 Å². The Bertz CT molecular complexity index is 895. The molecule has 0 spiro atoms. The largest absolute Gasteiger partial charge is 0.383 e. The second-order valence-electron chi connectivity index (χ2n) is 7.09. The van der Waals surface area contributed by atoms with Gasteiger partial charge in [-0.05, 0) is 32.6 Å². The van der Waals surface area contributed by atoms with E-state index >= 15 is 0 Å². The number of H-pyrrole nitrogens is 1. The number of aromatic amines is 1. The molecule has 3 aromatic rings. The molecule has 1 aliphatic rings. The van der Waals surface area contributed by atoms with Crippen molar-refractivity contribution in [3.05, 3.63) is 18.2 Å². The van der Waals surface area contributed by atoms with E-state index in [9.17, 15) is 0 Å². The van der Waals surface area contributed by atoms with Gasteiger partial charge in [-0.3, -0.25) is 9.78 Å². The van der Waals surface area contributed by atoms with Crippen molar-refractivity contribution < 1.29 is 9.47 Å². The van der Waals surface area contributed by atoms with E-state index in [1.807, 2.05) is 22.5 Å². The highest BCUT2D eigenvalue weighted by Gasteiger charge is 2.28. The van der Waals surface area contributed by atoms with Crippen LogP contribution in [0.2, 0.25) is 0 Å². The van der Waals surface area contributed by atoms with Crippen molar-refractivity contribution in [2.45, 2.75) is 39.3 Å². The molecule has 28 heavy (non-hydrogen) atoms. The molecular weight excluding hydrogens is 360 g/mol. The lowest BCUT2D eigenvalue weighted by Crippen LogP contribution is -2.25.